The Labute approximate surface area is 112 Å². The molecule has 19 heavy (non-hydrogen) atoms. The number of hydrogen-bond donors (Lipinski definition) is 0. The van der Waals surface area contributed by atoms with Gasteiger partial charge in [-0.25, -0.2) is 0 Å². The first-order chi connectivity index (χ1) is 9.00. The Morgan fingerprint density at radius 3 is 3.00 bits per heavy atom. The van der Waals surface area contributed by atoms with E-state index in [0.29, 0.717) is 13.2 Å². The predicted octanol–water partition coefficient (Wildman–Crippen LogP) is 0.740. The van der Waals surface area contributed by atoms with Crippen molar-refractivity contribution in [2.75, 3.05) is 13.2 Å². The molecule has 0 N–H and O–H groups in total. The van der Waals surface area contributed by atoms with E-state index in [4.69, 9.17) is 9.47 Å². The fourth-order valence-corrected chi connectivity index (χ4v) is 3.47. The average molecular weight is 265 g/mol. The van der Waals surface area contributed by atoms with E-state index in [2.05, 4.69) is 0 Å². The summed E-state index contributed by atoms with van der Waals surface area (Å²) in [6, 6.07) is 0.117. The van der Waals surface area contributed by atoms with Crippen molar-refractivity contribution in [1.82, 2.24) is 4.90 Å². The van der Waals surface area contributed by atoms with Crippen LogP contribution in [0.1, 0.15) is 20.8 Å². The van der Waals surface area contributed by atoms with Crippen molar-refractivity contribution in [2.24, 2.45) is 11.8 Å². The second-order valence-corrected chi connectivity index (χ2v) is 5.71. The highest BCUT2D eigenvalue weighted by atomic mass is 16.6. The van der Waals surface area contributed by atoms with Crippen LogP contribution in [0.15, 0.2) is 12.2 Å². The normalized spacial score (nSPS) is 39.3. The van der Waals surface area contributed by atoms with Crippen molar-refractivity contribution < 1.29 is 19.1 Å². The summed E-state index contributed by atoms with van der Waals surface area (Å²) in [6.45, 7) is 6.59. The minimum Gasteiger partial charge on any atom is -0.466 e. The number of hydrogen-bond acceptors (Lipinski definition) is 4. The number of ether oxygens (including phenoxy) is 2. The molecule has 3 rings (SSSR count). The number of amides is 1. The topological polar surface area (TPSA) is 55.8 Å². The fourth-order valence-electron chi connectivity index (χ4n) is 3.47. The standard InChI is InChI=1S/C14H19NO4/c1-4-18-13(17)10-9-5-6-14(19-9)7-15(8(2)3)12(16)11(10)14/h5-6,8-11H,4,7H2,1-3H3/t9-,10-,11+,14-/m1/s1. The molecule has 2 saturated heterocycles. The minimum absolute atomic E-state index is 0.0138. The number of rotatable bonds is 3. The quantitative estimate of drug-likeness (QED) is 0.558. The molecule has 0 aromatic heterocycles. The highest BCUT2D eigenvalue weighted by Crippen LogP contribution is 2.52. The van der Waals surface area contributed by atoms with Gasteiger partial charge in [-0.3, -0.25) is 9.59 Å². The number of esters is 1. The Hall–Kier alpha value is -1.36. The zero-order valence-electron chi connectivity index (χ0n) is 11.5. The summed E-state index contributed by atoms with van der Waals surface area (Å²) in [5.74, 6) is -1.20. The van der Waals surface area contributed by atoms with E-state index in [0.717, 1.165) is 0 Å². The molecule has 0 saturated carbocycles. The van der Waals surface area contributed by atoms with E-state index >= 15 is 0 Å². The first kappa shape index (κ1) is 12.7. The van der Waals surface area contributed by atoms with E-state index in [1.54, 1.807) is 11.8 Å². The van der Waals surface area contributed by atoms with Crippen LogP contribution >= 0.6 is 0 Å². The number of carbonyl (C=O) groups is 2. The van der Waals surface area contributed by atoms with Gasteiger partial charge in [0.15, 0.2) is 0 Å². The van der Waals surface area contributed by atoms with E-state index in [1.165, 1.54) is 0 Å². The molecule has 1 spiro atoms. The lowest BCUT2D eigenvalue weighted by atomic mass is 9.77. The maximum atomic E-state index is 12.5. The Morgan fingerprint density at radius 1 is 1.63 bits per heavy atom. The van der Waals surface area contributed by atoms with Gasteiger partial charge in [0.25, 0.3) is 0 Å². The van der Waals surface area contributed by atoms with Crippen molar-refractivity contribution in [3.05, 3.63) is 12.2 Å². The van der Waals surface area contributed by atoms with Crippen molar-refractivity contribution in [3.63, 3.8) is 0 Å². The molecule has 0 unspecified atom stereocenters. The molecule has 0 radical (unpaired) electrons. The van der Waals surface area contributed by atoms with Gasteiger partial charge in [-0.05, 0) is 20.8 Å². The van der Waals surface area contributed by atoms with Crippen molar-refractivity contribution in [3.8, 4) is 0 Å². The average Bonchev–Trinajstić information content (AvgIpc) is 2.98. The number of fused-ring (bicyclic) bond motifs is 1. The Kier molecular flexibility index (Phi) is 2.71. The van der Waals surface area contributed by atoms with Gasteiger partial charge < -0.3 is 14.4 Å². The molecular formula is C14H19NO4. The van der Waals surface area contributed by atoms with E-state index < -0.39 is 17.4 Å². The van der Waals surface area contributed by atoms with Gasteiger partial charge in [-0.15, -0.1) is 0 Å². The van der Waals surface area contributed by atoms with Gasteiger partial charge in [0.1, 0.15) is 11.5 Å². The lowest BCUT2D eigenvalue weighted by Crippen LogP contribution is -2.40. The van der Waals surface area contributed by atoms with Crippen molar-refractivity contribution in [2.45, 2.75) is 38.5 Å². The largest absolute Gasteiger partial charge is 0.466 e. The minimum atomic E-state index is -0.608. The van der Waals surface area contributed by atoms with Crippen molar-refractivity contribution >= 4 is 11.9 Å². The summed E-state index contributed by atoms with van der Waals surface area (Å²) in [5.41, 5.74) is -0.608. The van der Waals surface area contributed by atoms with Gasteiger partial charge in [-0.1, -0.05) is 12.2 Å². The number of carbonyl (C=O) groups excluding carboxylic acids is 2. The third-order valence-corrected chi connectivity index (χ3v) is 4.31. The maximum Gasteiger partial charge on any atom is 0.312 e. The first-order valence-electron chi connectivity index (χ1n) is 6.84. The molecule has 1 amide bonds. The van der Waals surface area contributed by atoms with Gasteiger partial charge in [0, 0.05) is 6.04 Å². The number of likely N-dealkylation sites (tertiary alicyclic amines) is 1. The molecule has 2 bridgehead atoms. The molecule has 3 heterocycles. The second kappa shape index (κ2) is 4.07. The molecule has 0 aliphatic carbocycles. The SMILES string of the molecule is CCOC(=O)[C@H]1[C@H]2C(=O)N(C(C)C)C[C@]23C=C[C@H]1O3. The molecule has 104 valence electrons. The van der Waals surface area contributed by atoms with Crippen LogP contribution in [0.5, 0.6) is 0 Å². The first-order valence-corrected chi connectivity index (χ1v) is 6.84. The molecule has 0 aromatic rings. The monoisotopic (exact) mass is 265 g/mol. The van der Waals surface area contributed by atoms with Crippen LogP contribution in [0, 0.1) is 11.8 Å². The van der Waals surface area contributed by atoms with Crippen molar-refractivity contribution in [1.29, 1.82) is 0 Å². The smallest absolute Gasteiger partial charge is 0.312 e. The Balaban J connectivity index is 1.93. The second-order valence-electron chi connectivity index (χ2n) is 5.71. The van der Waals surface area contributed by atoms with E-state index in [9.17, 15) is 9.59 Å². The molecule has 2 fully saturated rings. The van der Waals surface area contributed by atoms with Gasteiger partial charge in [0.05, 0.1) is 25.2 Å². The van der Waals surface area contributed by atoms with Crippen LogP contribution in [-0.2, 0) is 19.1 Å². The van der Waals surface area contributed by atoms with Crippen LogP contribution < -0.4 is 0 Å². The summed E-state index contributed by atoms with van der Waals surface area (Å²) < 4.78 is 11.0. The summed E-state index contributed by atoms with van der Waals surface area (Å²) in [4.78, 5) is 26.4. The van der Waals surface area contributed by atoms with Crippen LogP contribution in [0.25, 0.3) is 0 Å². The third kappa shape index (κ3) is 1.57. The fraction of sp³-hybridized carbons (Fsp3) is 0.714. The lowest BCUT2D eigenvalue weighted by Gasteiger charge is -2.24. The molecule has 5 heteroatoms. The van der Waals surface area contributed by atoms with Crippen LogP contribution in [0.3, 0.4) is 0 Å². The molecular weight excluding hydrogens is 246 g/mol. The van der Waals surface area contributed by atoms with Crippen LogP contribution in [-0.4, -0.2) is 47.7 Å². The summed E-state index contributed by atoms with van der Waals surface area (Å²) >= 11 is 0. The zero-order valence-corrected chi connectivity index (χ0v) is 11.5. The predicted molar refractivity (Wildman–Crippen MR) is 67.2 cm³/mol. The van der Waals surface area contributed by atoms with Gasteiger partial charge in [0.2, 0.25) is 5.91 Å². The molecule has 0 aromatic carbocycles. The van der Waals surface area contributed by atoms with Crippen LogP contribution in [0.2, 0.25) is 0 Å². The Bertz CT molecular complexity index is 458. The molecule has 4 atom stereocenters. The Morgan fingerprint density at radius 2 is 2.37 bits per heavy atom. The molecule has 5 nitrogen and oxygen atoms in total. The lowest BCUT2D eigenvalue weighted by molar-refractivity contribution is -0.153. The molecule has 3 aliphatic heterocycles. The van der Waals surface area contributed by atoms with Gasteiger partial charge in [-0.2, -0.15) is 0 Å². The highest BCUT2D eigenvalue weighted by molar-refractivity contribution is 5.91. The zero-order chi connectivity index (χ0) is 13.8. The number of nitrogens with zero attached hydrogens (tertiary/aromatic N) is 1. The molecule has 3 aliphatic rings. The van der Waals surface area contributed by atoms with Crippen LogP contribution in [0.4, 0.5) is 0 Å². The van der Waals surface area contributed by atoms with E-state index in [-0.39, 0.29) is 24.0 Å². The summed E-state index contributed by atoms with van der Waals surface area (Å²) in [6.07, 6.45) is 3.55. The third-order valence-electron chi connectivity index (χ3n) is 4.31. The maximum absolute atomic E-state index is 12.5. The van der Waals surface area contributed by atoms with Gasteiger partial charge >= 0.3 is 5.97 Å². The summed E-state index contributed by atoms with van der Waals surface area (Å²) in [5, 5.41) is 0. The summed E-state index contributed by atoms with van der Waals surface area (Å²) in [7, 11) is 0. The highest BCUT2D eigenvalue weighted by Gasteiger charge is 2.67. The van der Waals surface area contributed by atoms with E-state index in [1.807, 2.05) is 26.0 Å².